The SMILES string of the molecule is CC(C)c1ccc(NC(=O)c2ccc(CN3CCc4ccccc43)cc2)cc1. The zero-order chi connectivity index (χ0) is 19.5. The molecule has 1 amide bonds. The third-order valence-electron chi connectivity index (χ3n) is 5.41. The van der Waals surface area contributed by atoms with E-state index in [0.29, 0.717) is 11.5 Å². The summed E-state index contributed by atoms with van der Waals surface area (Å²) in [6.45, 7) is 6.25. The highest BCUT2D eigenvalue weighted by molar-refractivity contribution is 6.04. The Hall–Kier alpha value is -3.07. The Morgan fingerprint density at radius 2 is 1.68 bits per heavy atom. The molecule has 3 heteroatoms. The molecule has 1 N–H and O–H groups in total. The van der Waals surface area contributed by atoms with Crippen molar-refractivity contribution < 1.29 is 4.79 Å². The van der Waals surface area contributed by atoms with Gasteiger partial charge in [-0.2, -0.15) is 0 Å². The Morgan fingerprint density at radius 1 is 0.964 bits per heavy atom. The summed E-state index contributed by atoms with van der Waals surface area (Å²) in [6.07, 6.45) is 1.10. The fourth-order valence-electron chi connectivity index (χ4n) is 3.71. The number of hydrogen-bond acceptors (Lipinski definition) is 2. The lowest BCUT2D eigenvalue weighted by Crippen LogP contribution is -2.19. The van der Waals surface area contributed by atoms with Gasteiger partial charge in [-0.25, -0.2) is 0 Å². The van der Waals surface area contributed by atoms with Crippen molar-refractivity contribution in [1.82, 2.24) is 0 Å². The van der Waals surface area contributed by atoms with Crippen LogP contribution >= 0.6 is 0 Å². The van der Waals surface area contributed by atoms with Crippen molar-refractivity contribution in [2.45, 2.75) is 32.7 Å². The van der Waals surface area contributed by atoms with Crippen molar-refractivity contribution in [2.75, 3.05) is 16.8 Å². The lowest BCUT2D eigenvalue weighted by atomic mass is 10.0. The number of rotatable bonds is 5. The first-order valence-corrected chi connectivity index (χ1v) is 9.93. The Morgan fingerprint density at radius 3 is 2.39 bits per heavy atom. The number of carbonyl (C=O) groups is 1. The normalized spacial score (nSPS) is 12.9. The van der Waals surface area contributed by atoms with Crippen molar-refractivity contribution in [3.05, 3.63) is 95.1 Å². The lowest BCUT2D eigenvalue weighted by Gasteiger charge is -2.19. The van der Waals surface area contributed by atoms with Gasteiger partial charge in [0.15, 0.2) is 0 Å². The van der Waals surface area contributed by atoms with Crippen LogP contribution in [0.1, 0.15) is 46.8 Å². The number of fused-ring (bicyclic) bond motifs is 1. The topological polar surface area (TPSA) is 32.3 Å². The molecular weight excluding hydrogens is 344 g/mol. The van der Waals surface area contributed by atoms with Crippen LogP contribution in [-0.2, 0) is 13.0 Å². The number of hydrogen-bond donors (Lipinski definition) is 1. The van der Waals surface area contributed by atoms with Gasteiger partial charge in [-0.3, -0.25) is 4.79 Å². The molecule has 0 fully saturated rings. The number of nitrogens with zero attached hydrogens (tertiary/aromatic N) is 1. The van der Waals surface area contributed by atoms with Gasteiger partial charge < -0.3 is 10.2 Å². The van der Waals surface area contributed by atoms with E-state index in [4.69, 9.17) is 0 Å². The summed E-state index contributed by atoms with van der Waals surface area (Å²) in [5.74, 6) is 0.412. The smallest absolute Gasteiger partial charge is 0.255 e. The highest BCUT2D eigenvalue weighted by Gasteiger charge is 2.18. The van der Waals surface area contributed by atoms with Crippen LogP contribution in [-0.4, -0.2) is 12.5 Å². The van der Waals surface area contributed by atoms with Gasteiger partial charge >= 0.3 is 0 Å². The predicted molar refractivity (Wildman–Crippen MR) is 116 cm³/mol. The quantitative estimate of drug-likeness (QED) is 0.632. The van der Waals surface area contributed by atoms with Gasteiger partial charge in [0.05, 0.1) is 0 Å². The molecule has 0 saturated heterocycles. The maximum Gasteiger partial charge on any atom is 0.255 e. The molecule has 0 bridgehead atoms. The first-order valence-electron chi connectivity index (χ1n) is 9.93. The minimum atomic E-state index is -0.0737. The van der Waals surface area contributed by atoms with Gasteiger partial charge in [0, 0.05) is 30.0 Å². The number of carbonyl (C=O) groups excluding carboxylic acids is 1. The van der Waals surface area contributed by atoms with Crippen molar-refractivity contribution >= 4 is 17.3 Å². The highest BCUT2D eigenvalue weighted by atomic mass is 16.1. The molecule has 4 rings (SSSR count). The Labute approximate surface area is 167 Å². The van der Waals surface area contributed by atoms with Gasteiger partial charge in [-0.05, 0) is 59.4 Å². The number of amides is 1. The number of nitrogens with one attached hydrogen (secondary N) is 1. The number of benzene rings is 3. The van der Waals surface area contributed by atoms with E-state index in [1.807, 2.05) is 24.3 Å². The molecule has 3 aromatic rings. The Kier molecular flexibility index (Phi) is 5.16. The molecule has 3 nitrogen and oxygen atoms in total. The average Bonchev–Trinajstić information content (AvgIpc) is 3.12. The van der Waals surface area contributed by atoms with E-state index in [1.54, 1.807) is 0 Å². The third-order valence-corrected chi connectivity index (χ3v) is 5.41. The largest absolute Gasteiger partial charge is 0.367 e. The molecule has 0 saturated carbocycles. The highest BCUT2D eigenvalue weighted by Crippen LogP contribution is 2.28. The predicted octanol–water partition coefficient (Wildman–Crippen LogP) is 5.63. The van der Waals surface area contributed by atoms with Gasteiger partial charge in [0.25, 0.3) is 5.91 Å². The van der Waals surface area contributed by atoms with E-state index in [0.717, 1.165) is 25.2 Å². The second kappa shape index (κ2) is 7.89. The molecule has 0 aromatic heterocycles. The monoisotopic (exact) mass is 370 g/mol. The average molecular weight is 370 g/mol. The van der Waals surface area contributed by atoms with Crippen molar-refractivity contribution in [2.24, 2.45) is 0 Å². The summed E-state index contributed by atoms with van der Waals surface area (Å²) >= 11 is 0. The molecule has 1 heterocycles. The summed E-state index contributed by atoms with van der Waals surface area (Å²) in [5.41, 5.74) is 6.74. The minimum Gasteiger partial charge on any atom is -0.367 e. The van der Waals surface area contributed by atoms with E-state index in [9.17, 15) is 4.79 Å². The first-order chi connectivity index (χ1) is 13.6. The summed E-state index contributed by atoms with van der Waals surface area (Å²) in [4.78, 5) is 14.9. The molecule has 28 heavy (non-hydrogen) atoms. The van der Waals surface area contributed by atoms with Gasteiger partial charge in [0.2, 0.25) is 0 Å². The standard InChI is InChI=1S/C25H26N2O/c1-18(2)20-11-13-23(14-12-20)26-25(28)22-9-7-19(8-10-22)17-27-16-15-21-5-3-4-6-24(21)27/h3-14,18H,15-17H2,1-2H3,(H,26,28). The minimum absolute atomic E-state index is 0.0737. The Bertz CT molecular complexity index is 959. The summed E-state index contributed by atoms with van der Waals surface area (Å²) in [5, 5.41) is 2.98. The molecule has 0 atom stereocenters. The van der Waals surface area contributed by atoms with Gasteiger partial charge in [0.1, 0.15) is 0 Å². The van der Waals surface area contributed by atoms with Crippen LogP contribution in [0.2, 0.25) is 0 Å². The second-order valence-electron chi connectivity index (χ2n) is 7.73. The molecule has 1 aliphatic rings. The lowest BCUT2D eigenvalue weighted by molar-refractivity contribution is 0.102. The van der Waals surface area contributed by atoms with E-state index in [1.165, 1.54) is 22.4 Å². The second-order valence-corrected chi connectivity index (χ2v) is 7.73. The molecular formula is C25H26N2O. The molecule has 0 aliphatic carbocycles. The van der Waals surface area contributed by atoms with Crippen LogP contribution in [0, 0.1) is 0 Å². The zero-order valence-electron chi connectivity index (χ0n) is 16.5. The summed E-state index contributed by atoms with van der Waals surface area (Å²) in [6, 6.07) is 24.6. The van der Waals surface area contributed by atoms with Crippen LogP contribution in [0.25, 0.3) is 0 Å². The molecule has 3 aromatic carbocycles. The van der Waals surface area contributed by atoms with Crippen LogP contribution in [0.4, 0.5) is 11.4 Å². The maximum atomic E-state index is 12.5. The molecule has 0 unspecified atom stereocenters. The first kappa shape index (κ1) is 18.3. The van der Waals surface area contributed by atoms with E-state index >= 15 is 0 Å². The number of anilines is 2. The molecule has 0 spiro atoms. The van der Waals surface area contributed by atoms with Crippen molar-refractivity contribution in [1.29, 1.82) is 0 Å². The van der Waals surface area contributed by atoms with Crippen molar-refractivity contribution in [3.63, 3.8) is 0 Å². The van der Waals surface area contributed by atoms with Gasteiger partial charge in [-0.1, -0.05) is 56.3 Å². The molecule has 1 aliphatic heterocycles. The Balaban J connectivity index is 1.39. The van der Waals surface area contributed by atoms with Crippen LogP contribution in [0.15, 0.2) is 72.8 Å². The zero-order valence-corrected chi connectivity index (χ0v) is 16.5. The summed E-state index contributed by atoms with van der Waals surface area (Å²) < 4.78 is 0. The van der Waals surface area contributed by atoms with Crippen LogP contribution < -0.4 is 10.2 Å². The fourth-order valence-corrected chi connectivity index (χ4v) is 3.71. The van der Waals surface area contributed by atoms with Gasteiger partial charge in [-0.15, -0.1) is 0 Å². The van der Waals surface area contributed by atoms with E-state index < -0.39 is 0 Å². The molecule has 0 radical (unpaired) electrons. The van der Waals surface area contributed by atoms with Crippen LogP contribution in [0.3, 0.4) is 0 Å². The third kappa shape index (κ3) is 3.94. The molecule has 142 valence electrons. The van der Waals surface area contributed by atoms with Crippen molar-refractivity contribution in [3.8, 4) is 0 Å². The maximum absolute atomic E-state index is 12.5. The summed E-state index contributed by atoms with van der Waals surface area (Å²) in [7, 11) is 0. The van der Waals surface area contributed by atoms with E-state index in [2.05, 4.69) is 72.6 Å². The number of para-hydroxylation sites is 1. The van der Waals surface area contributed by atoms with Crippen LogP contribution in [0.5, 0.6) is 0 Å². The fraction of sp³-hybridized carbons (Fsp3) is 0.240. The van der Waals surface area contributed by atoms with E-state index in [-0.39, 0.29) is 5.91 Å².